The Hall–Kier alpha value is -0.0231. The number of aliphatic hydroxyl groups is 2. The van der Waals surface area contributed by atoms with Crippen LogP contribution in [0.1, 0.15) is 92.9 Å². The lowest BCUT2D eigenvalue weighted by Crippen LogP contribution is -2.56. The van der Waals surface area contributed by atoms with Crippen LogP contribution in [0.5, 0.6) is 0 Å². The van der Waals surface area contributed by atoms with E-state index in [4.69, 9.17) is 14.0 Å². The summed E-state index contributed by atoms with van der Waals surface area (Å²) in [7, 11) is -1.94. The lowest BCUT2D eigenvalue weighted by molar-refractivity contribution is -0.283. The van der Waals surface area contributed by atoms with Crippen molar-refractivity contribution in [1.29, 1.82) is 0 Å². The summed E-state index contributed by atoms with van der Waals surface area (Å²) >= 11 is 0. The van der Waals surface area contributed by atoms with Gasteiger partial charge in [-0.05, 0) is 54.6 Å². The van der Waals surface area contributed by atoms with Gasteiger partial charge in [0.25, 0.3) is 0 Å². The van der Waals surface area contributed by atoms with E-state index in [1.807, 2.05) is 0 Å². The second-order valence-corrected chi connectivity index (χ2v) is 17.0. The SMILES string of the molecule is CC(C)[Si](ONCCC[C@@]12[C@H]3CCC[C@@H]1OC(O)(C3)[C@@]21CCC(O)O1)(C(C)C)C(C)C. The molecule has 2 saturated heterocycles. The predicted octanol–water partition coefficient (Wildman–Crippen LogP) is 4.61. The maximum atomic E-state index is 11.5. The van der Waals surface area contributed by atoms with E-state index in [2.05, 4.69) is 47.0 Å². The van der Waals surface area contributed by atoms with Gasteiger partial charge in [0.05, 0.1) is 6.10 Å². The van der Waals surface area contributed by atoms with Crippen molar-refractivity contribution in [2.45, 2.75) is 133 Å². The van der Waals surface area contributed by atoms with Crippen molar-refractivity contribution in [3.8, 4) is 0 Å². The molecule has 4 fully saturated rings. The van der Waals surface area contributed by atoms with Crippen molar-refractivity contribution >= 4 is 8.32 Å². The molecule has 2 saturated carbocycles. The van der Waals surface area contributed by atoms with E-state index in [1.165, 1.54) is 0 Å². The average molecular weight is 456 g/mol. The maximum Gasteiger partial charge on any atom is 0.228 e. The molecule has 2 aliphatic heterocycles. The number of ether oxygens (including phenoxy) is 2. The van der Waals surface area contributed by atoms with Crippen LogP contribution in [0.2, 0.25) is 16.6 Å². The van der Waals surface area contributed by atoms with Crippen LogP contribution in [-0.2, 0) is 14.0 Å². The summed E-state index contributed by atoms with van der Waals surface area (Å²) in [5, 5.41) is 21.7. The topological polar surface area (TPSA) is 80.2 Å². The highest BCUT2D eigenvalue weighted by atomic mass is 28.4. The standard InChI is InChI=1S/C24H45NO5Si/c1-16(2)31(17(3)4,18(5)6)30-25-14-8-12-22-19-9-7-10-20(22)28-24(27,15-19)23(22)13-11-21(26)29-23/h16-21,25-27H,7-15H2,1-6H3/t19-,20-,21?,22+,23+,24?/m0/s1. The third-order valence-electron chi connectivity index (χ3n) is 9.47. The van der Waals surface area contributed by atoms with Gasteiger partial charge in [-0.25, -0.2) is 5.48 Å². The Bertz CT molecular complexity index is 620. The minimum atomic E-state index is -1.94. The van der Waals surface area contributed by atoms with E-state index >= 15 is 0 Å². The molecule has 0 aromatic carbocycles. The Morgan fingerprint density at radius 3 is 2.26 bits per heavy atom. The van der Waals surface area contributed by atoms with Crippen LogP contribution < -0.4 is 5.48 Å². The van der Waals surface area contributed by atoms with Crippen LogP contribution in [0.25, 0.3) is 0 Å². The lowest BCUT2D eigenvalue weighted by atomic mass is 9.58. The first-order valence-electron chi connectivity index (χ1n) is 12.7. The molecule has 3 N–H and O–H groups in total. The lowest BCUT2D eigenvalue weighted by Gasteiger charge is -2.48. The monoisotopic (exact) mass is 455 g/mol. The molecule has 7 heteroatoms. The van der Waals surface area contributed by atoms with Crippen LogP contribution >= 0.6 is 0 Å². The predicted molar refractivity (Wildman–Crippen MR) is 123 cm³/mol. The Kier molecular flexibility index (Phi) is 6.48. The quantitative estimate of drug-likeness (QED) is 0.268. The maximum absolute atomic E-state index is 11.5. The fourth-order valence-corrected chi connectivity index (χ4v) is 13.5. The van der Waals surface area contributed by atoms with Gasteiger partial charge < -0.3 is 24.2 Å². The van der Waals surface area contributed by atoms with E-state index < -0.39 is 26.0 Å². The third kappa shape index (κ3) is 3.25. The van der Waals surface area contributed by atoms with Gasteiger partial charge in [0, 0.05) is 24.8 Å². The molecule has 6 nitrogen and oxygen atoms in total. The molecule has 6 atom stereocenters. The first-order valence-corrected chi connectivity index (χ1v) is 14.9. The van der Waals surface area contributed by atoms with E-state index in [1.54, 1.807) is 0 Å². The van der Waals surface area contributed by atoms with Gasteiger partial charge >= 0.3 is 0 Å². The van der Waals surface area contributed by atoms with Crippen LogP contribution in [0.15, 0.2) is 0 Å². The fourth-order valence-electron chi connectivity index (χ4n) is 8.46. The molecule has 0 radical (unpaired) electrons. The number of rotatable bonds is 9. The van der Waals surface area contributed by atoms with Crippen LogP contribution in [-0.4, -0.2) is 48.9 Å². The molecule has 2 aliphatic carbocycles. The molecule has 4 rings (SSSR count). The zero-order chi connectivity index (χ0) is 22.7. The summed E-state index contributed by atoms with van der Waals surface area (Å²) in [6, 6.07) is 0. The first-order chi connectivity index (χ1) is 14.6. The fraction of sp³-hybridized carbons (Fsp3) is 1.00. The number of hydrogen-bond acceptors (Lipinski definition) is 6. The van der Waals surface area contributed by atoms with Crippen molar-refractivity contribution in [3.05, 3.63) is 0 Å². The first kappa shape index (κ1) is 24.1. The summed E-state index contributed by atoms with van der Waals surface area (Å²) in [5.74, 6) is -0.828. The second-order valence-electron chi connectivity index (χ2n) is 11.6. The summed E-state index contributed by atoms with van der Waals surface area (Å²) in [6.45, 7) is 14.6. The molecule has 0 amide bonds. The molecule has 2 heterocycles. The van der Waals surface area contributed by atoms with Crippen LogP contribution in [0.4, 0.5) is 0 Å². The number of hydrogen-bond donors (Lipinski definition) is 3. The van der Waals surface area contributed by atoms with Gasteiger partial charge in [-0.15, -0.1) is 0 Å². The summed E-state index contributed by atoms with van der Waals surface area (Å²) < 4.78 is 19.0. The van der Waals surface area contributed by atoms with E-state index in [0.717, 1.165) is 38.6 Å². The van der Waals surface area contributed by atoms with Crippen LogP contribution in [0, 0.1) is 11.3 Å². The highest BCUT2D eigenvalue weighted by Crippen LogP contribution is 2.74. The summed E-state index contributed by atoms with van der Waals surface area (Å²) in [5.41, 5.74) is 4.07. The molecule has 0 aromatic rings. The van der Waals surface area contributed by atoms with E-state index in [-0.39, 0.29) is 11.5 Å². The summed E-state index contributed by atoms with van der Waals surface area (Å²) in [4.78, 5) is 0. The van der Waals surface area contributed by atoms with Gasteiger partial charge in [-0.3, -0.25) is 0 Å². The zero-order valence-corrected chi connectivity index (χ0v) is 21.4. The molecule has 2 bridgehead atoms. The Morgan fingerprint density at radius 2 is 1.71 bits per heavy atom. The van der Waals surface area contributed by atoms with E-state index in [9.17, 15) is 10.2 Å². The zero-order valence-electron chi connectivity index (χ0n) is 20.4. The molecule has 2 unspecified atom stereocenters. The normalized spacial score (nSPS) is 42.1. The Morgan fingerprint density at radius 1 is 1.03 bits per heavy atom. The highest BCUT2D eigenvalue weighted by molar-refractivity contribution is 6.77. The van der Waals surface area contributed by atoms with Crippen molar-refractivity contribution in [1.82, 2.24) is 5.48 Å². The average Bonchev–Trinajstić information content (AvgIpc) is 3.22. The largest absolute Gasteiger partial charge is 0.368 e. The van der Waals surface area contributed by atoms with Crippen molar-refractivity contribution in [2.24, 2.45) is 11.3 Å². The Labute approximate surface area is 189 Å². The van der Waals surface area contributed by atoms with Crippen molar-refractivity contribution < 1.29 is 24.2 Å². The van der Waals surface area contributed by atoms with Gasteiger partial charge in [0.2, 0.25) is 8.32 Å². The Balaban J connectivity index is 1.45. The third-order valence-corrected chi connectivity index (χ3v) is 15.4. The molecule has 0 aromatic heterocycles. The van der Waals surface area contributed by atoms with E-state index in [0.29, 0.717) is 41.8 Å². The highest BCUT2D eigenvalue weighted by Gasteiger charge is 2.82. The molecule has 180 valence electrons. The van der Waals surface area contributed by atoms with Gasteiger partial charge in [-0.1, -0.05) is 48.0 Å². The minimum Gasteiger partial charge on any atom is -0.368 e. The van der Waals surface area contributed by atoms with Gasteiger partial charge in [-0.2, -0.15) is 0 Å². The smallest absolute Gasteiger partial charge is 0.228 e. The van der Waals surface area contributed by atoms with Gasteiger partial charge in [0.1, 0.15) is 5.60 Å². The number of hydroxylamine groups is 1. The summed E-state index contributed by atoms with van der Waals surface area (Å²) in [6.07, 6.45) is 6.30. The van der Waals surface area contributed by atoms with Crippen molar-refractivity contribution in [3.63, 3.8) is 0 Å². The molecule has 31 heavy (non-hydrogen) atoms. The second kappa shape index (κ2) is 8.33. The number of nitrogens with one attached hydrogen (secondary N) is 1. The molecular formula is C24H45NO5Si. The molecule has 4 aliphatic rings. The number of aliphatic hydroxyl groups excluding tert-OH is 1. The minimum absolute atomic E-state index is 0.0340. The van der Waals surface area contributed by atoms with Crippen LogP contribution in [0.3, 0.4) is 0 Å². The van der Waals surface area contributed by atoms with Gasteiger partial charge in [0.15, 0.2) is 12.1 Å². The molecule has 1 spiro atoms. The molecular weight excluding hydrogens is 410 g/mol. The van der Waals surface area contributed by atoms with Crippen molar-refractivity contribution in [2.75, 3.05) is 6.54 Å².